The molecule has 6 heteroatoms. The van der Waals surface area contributed by atoms with Gasteiger partial charge in [-0.1, -0.05) is 16.8 Å². The predicted molar refractivity (Wildman–Crippen MR) is 55.5 cm³/mol. The maximum Gasteiger partial charge on any atom is 0.223 e. The Bertz CT molecular complexity index is 432. The third kappa shape index (κ3) is 2.34. The molecule has 16 heavy (non-hydrogen) atoms. The number of likely N-dealkylation sites (tertiary alicyclic amines) is 1. The van der Waals surface area contributed by atoms with Crippen molar-refractivity contribution in [3.05, 3.63) is 17.0 Å². The zero-order chi connectivity index (χ0) is 11.5. The van der Waals surface area contributed by atoms with Crippen molar-refractivity contribution in [3.63, 3.8) is 0 Å². The van der Waals surface area contributed by atoms with Crippen LogP contribution < -0.4 is 0 Å². The van der Waals surface area contributed by atoms with Crippen molar-refractivity contribution >= 4 is 17.5 Å². The third-order valence-electron chi connectivity index (χ3n) is 2.53. The molecular formula is C10H10ClN3O2. The lowest BCUT2D eigenvalue weighted by Gasteiger charge is -2.35. The van der Waals surface area contributed by atoms with Gasteiger partial charge in [0.25, 0.3) is 0 Å². The Morgan fingerprint density at radius 1 is 1.75 bits per heavy atom. The second kappa shape index (κ2) is 4.54. The first kappa shape index (κ1) is 11.0. The Labute approximate surface area is 97.6 Å². The van der Waals surface area contributed by atoms with E-state index in [0.717, 1.165) is 0 Å². The Balaban J connectivity index is 1.75. The van der Waals surface area contributed by atoms with Crippen molar-refractivity contribution in [2.75, 3.05) is 13.1 Å². The van der Waals surface area contributed by atoms with Crippen LogP contribution in [0.4, 0.5) is 0 Å². The van der Waals surface area contributed by atoms with Crippen molar-refractivity contribution in [2.24, 2.45) is 5.92 Å². The summed E-state index contributed by atoms with van der Waals surface area (Å²) in [6, 6.07) is 3.72. The number of aryl methyl sites for hydroxylation is 1. The summed E-state index contributed by atoms with van der Waals surface area (Å²) < 4.78 is 4.88. The molecule has 84 valence electrons. The smallest absolute Gasteiger partial charge is 0.223 e. The van der Waals surface area contributed by atoms with Crippen LogP contribution in [0.5, 0.6) is 0 Å². The number of nitrogens with zero attached hydrogens (tertiary/aromatic N) is 3. The molecule has 1 amide bonds. The van der Waals surface area contributed by atoms with E-state index in [-0.39, 0.29) is 11.8 Å². The van der Waals surface area contributed by atoms with Gasteiger partial charge in [0, 0.05) is 32.0 Å². The minimum absolute atomic E-state index is 0.00340. The van der Waals surface area contributed by atoms with E-state index in [4.69, 9.17) is 21.4 Å². The van der Waals surface area contributed by atoms with E-state index < -0.39 is 0 Å². The summed E-state index contributed by atoms with van der Waals surface area (Å²) in [5.41, 5.74) is 0. The maximum absolute atomic E-state index is 11.6. The van der Waals surface area contributed by atoms with Crippen molar-refractivity contribution in [1.29, 1.82) is 5.26 Å². The molecule has 0 saturated carbocycles. The monoisotopic (exact) mass is 239 g/mol. The molecule has 0 spiro atoms. The number of hydrogen-bond donors (Lipinski definition) is 0. The number of carbonyl (C=O) groups excluding carboxylic acids is 1. The van der Waals surface area contributed by atoms with Gasteiger partial charge in [0.15, 0.2) is 5.15 Å². The molecule has 0 aliphatic carbocycles. The van der Waals surface area contributed by atoms with E-state index >= 15 is 0 Å². The van der Waals surface area contributed by atoms with Crippen LogP contribution in [0.2, 0.25) is 5.15 Å². The largest absolute Gasteiger partial charge is 0.360 e. The van der Waals surface area contributed by atoms with Crippen molar-refractivity contribution < 1.29 is 9.32 Å². The van der Waals surface area contributed by atoms with Crippen LogP contribution in [0.15, 0.2) is 10.6 Å². The number of rotatable bonds is 3. The van der Waals surface area contributed by atoms with Crippen LogP contribution in [0, 0.1) is 17.2 Å². The van der Waals surface area contributed by atoms with Crippen LogP contribution >= 0.6 is 11.6 Å². The molecule has 1 saturated heterocycles. The lowest BCUT2D eigenvalue weighted by atomic mass is 10.0. The highest BCUT2D eigenvalue weighted by molar-refractivity contribution is 6.29. The number of aromatic nitrogens is 1. The summed E-state index contributed by atoms with van der Waals surface area (Å²) in [6.07, 6.45) is 0.857. The fourth-order valence-corrected chi connectivity index (χ4v) is 1.71. The van der Waals surface area contributed by atoms with Crippen LogP contribution in [-0.2, 0) is 11.2 Å². The second-order valence-electron chi connectivity index (χ2n) is 3.74. The summed E-state index contributed by atoms with van der Waals surface area (Å²) in [5.74, 6) is 0.651. The Morgan fingerprint density at radius 2 is 2.50 bits per heavy atom. The van der Waals surface area contributed by atoms with Crippen LogP contribution in [0.1, 0.15) is 12.2 Å². The highest BCUT2D eigenvalue weighted by Crippen LogP contribution is 2.17. The molecule has 5 nitrogen and oxygen atoms in total. The molecule has 0 atom stereocenters. The molecule has 1 aromatic heterocycles. The van der Waals surface area contributed by atoms with Crippen molar-refractivity contribution in [1.82, 2.24) is 10.1 Å². The van der Waals surface area contributed by atoms with Gasteiger partial charge < -0.3 is 9.42 Å². The highest BCUT2D eigenvalue weighted by Gasteiger charge is 2.29. The summed E-state index contributed by atoms with van der Waals surface area (Å²) in [4.78, 5) is 13.3. The molecule has 0 bridgehead atoms. The summed E-state index contributed by atoms with van der Waals surface area (Å²) >= 11 is 5.58. The van der Waals surface area contributed by atoms with E-state index in [1.807, 2.05) is 0 Å². The molecule has 0 unspecified atom stereocenters. The zero-order valence-corrected chi connectivity index (χ0v) is 9.28. The van der Waals surface area contributed by atoms with Gasteiger partial charge in [-0.25, -0.2) is 0 Å². The maximum atomic E-state index is 11.6. The standard InChI is InChI=1S/C10H10ClN3O2/c11-9-3-8(16-13-9)1-2-10(15)14-5-7(4-12)6-14/h3,7H,1-2,5-6H2. The zero-order valence-electron chi connectivity index (χ0n) is 8.52. The molecule has 1 aromatic rings. The Morgan fingerprint density at radius 3 is 3.06 bits per heavy atom. The lowest BCUT2D eigenvalue weighted by molar-refractivity contribution is -0.136. The molecule has 2 heterocycles. The normalized spacial score (nSPS) is 15.6. The van der Waals surface area contributed by atoms with Gasteiger partial charge in [-0.15, -0.1) is 0 Å². The summed E-state index contributed by atoms with van der Waals surface area (Å²) in [7, 11) is 0. The second-order valence-corrected chi connectivity index (χ2v) is 4.13. The molecule has 1 aliphatic heterocycles. The molecule has 0 radical (unpaired) electrons. The van der Waals surface area contributed by atoms with Gasteiger partial charge in [0.1, 0.15) is 5.76 Å². The molecule has 1 aliphatic rings. The predicted octanol–water partition coefficient (Wildman–Crippen LogP) is 1.24. The topological polar surface area (TPSA) is 70.1 Å². The minimum atomic E-state index is 0.00340. The first-order valence-corrected chi connectivity index (χ1v) is 5.35. The van der Waals surface area contributed by atoms with Crippen molar-refractivity contribution in [2.45, 2.75) is 12.8 Å². The number of amides is 1. The number of nitriles is 1. The fraction of sp³-hybridized carbons (Fsp3) is 0.500. The average Bonchev–Trinajstić information content (AvgIpc) is 2.60. The summed E-state index contributed by atoms with van der Waals surface area (Å²) in [5, 5.41) is 12.4. The van der Waals surface area contributed by atoms with Gasteiger partial charge >= 0.3 is 0 Å². The van der Waals surface area contributed by atoms with Crippen LogP contribution in [0.3, 0.4) is 0 Å². The minimum Gasteiger partial charge on any atom is -0.360 e. The van der Waals surface area contributed by atoms with Gasteiger partial charge in [-0.2, -0.15) is 5.26 Å². The molecule has 0 aromatic carbocycles. The SMILES string of the molecule is N#CC1CN(C(=O)CCc2cc(Cl)no2)C1. The van der Waals surface area contributed by atoms with Crippen LogP contribution in [0.25, 0.3) is 0 Å². The summed E-state index contributed by atoms with van der Waals surface area (Å²) in [6.45, 7) is 1.10. The Kier molecular flexibility index (Phi) is 3.11. The molecule has 2 rings (SSSR count). The van der Waals surface area contributed by atoms with E-state index in [1.165, 1.54) is 0 Å². The van der Waals surface area contributed by atoms with Gasteiger partial charge in [-0.05, 0) is 0 Å². The number of hydrogen-bond acceptors (Lipinski definition) is 4. The highest BCUT2D eigenvalue weighted by atomic mass is 35.5. The van der Waals surface area contributed by atoms with E-state index in [0.29, 0.717) is 36.8 Å². The molecule has 1 fully saturated rings. The quantitative estimate of drug-likeness (QED) is 0.796. The fourth-order valence-electron chi connectivity index (χ4n) is 1.56. The number of halogens is 1. The molecular weight excluding hydrogens is 230 g/mol. The lowest BCUT2D eigenvalue weighted by Crippen LogP contribution is -2.49. The van der Waals surface area contributed by atoms with Crippen molar-refractivity contribution in [3.8, 4) is 6.07 Å². The third-order valence-corrected chi connectivity index (χ3v) is 2.71. The van der Waals surface area contributed by atoms with Gasteiger partial charge in [-0.3, -0.25) is 4.79 Å². The van der Waals surface area contributed by atoms with E-state index in [9.17, 15) is 4.79 Å². The average molecular weight is 240 g/mol. The first-order chi connectivity index (χ1) is 7.69. The van der Waals surface area contributed by atoms with Gasteiger partial charge in [0.05, 0.1) is 12.0 Å². The number of carbonyl (C=O) groups is 1. The van der Waals surface area contributed by atoms with E-state index in [1.54, 1.807) is 11.0 Å². The van der Waals surface area contributed by atoms with Crippen LogP contribution in [-0.4, -0.2) is 29.1 Å². The first-order valence-electron chi connectivity index (χ1n) is 4.97. The Hall–Kier alpha value is -1.54. The molecule has 0 N–H and O–H groups in total. The van der Waals surface area contributed by atoms with Gasteiger partial charge in [0.2, 0.25) is 5.91 Å². The van der Waals surface area contributed by atoms with E-state index in [2.05, 4.69) is 11.2 Å².